The first-order valence-electron chi connectivity index (χ1n) is 6.66. The molecule has 2 aliphatic carbocycles. The lowest BCUT2D eigenvalue weighted by atomic mass is 10.0. The van der Waals surface area contributed by atoms with Crippen LogP contribution in [0.2, 0.25) is 0 Å². The predicted molar refractivity (Wildman–Crippen MR) is 65.0 cm³/mol. The third-order valence-electron chi connectivity index (χ3n) is 4.14. The van der Waals surface area contributed by atoms with Crippen LogP contribution in [-0.2, 0) is 4.79 Å². The van der Waals surface area contributed by atoms with Gasteiger partial charge in [0.1, 0.15) is 0 Å². The number of carbonyl (C=O) groups is 1. The summed E-state index contributed by atoms with van der Waals surface area (Å²) in [5.41, 5.74) is 0. The fourth-order valence-corrected chi connectivity index (χ4v) is 3.19. The van der Waals surface area contributed by atoms with Crippen molar-refractivity contribution < 1.29 is 4.79 Å². The molecule has 2 rings (SSSR count). The van der Waals surface area contributed by atoms with Gasteiger partial charge in [-0.05, 0) is 44.2 Å². The summed E-state index contributed by atoms with van der Waals surface area (Å²) in [5, 5.41) is 6.24. The van der Waals surface area contributed by atoms with E-state index in [1.807, 2.05) is 7.05 Å². The number of hydrogen-bond acceptors (Lipinski definition) is 2. The average molecular weight is 224 g/mol. The van der Waals surface area contributed by atoms with Crippen molar-refractivity contribution in [2.75, 3.05) is 20.1 Å². The highest BCUT2D eigenvalue weighted by Gasteiger charge is 2.54. The Morgan fingerprint density at radius 2 is 1.88 bits per heavy atom. The molecule has 0 aromatic heterocycles. The molecule has 0 radical (unpaired) electrons. The van der Waals surface area contributed by atoms with Crippen molar-refractivity contribution in [2.45, 2.75) is 32.6 Å². The molecule has 1 amide bonds. The second-order valence-electron chi connectivity index (χ2n) is 5.55. The Balaban J connectivity index is 1.69. The molecule has 3 unspecified atom stereocenters. The molecule has 0 aliphatic heterocycles. The minimum Gasteiger partial charge on any atom is -0.356 e. The van der Waals surface area contributed by atoms with Crippen LogP contribution in [0.25, 0.3) is 0 Å². The molecule has 92 valence electrons. The maximum atomic E-state index is 11.9. The van der Waals surface area contributed by atoms with Gasteiger partial charge in [0.2, 0.25) is 5.91 Å². The van der Waals surface area contributed by atoms with E-state index in [0.717, 1.165) is 24.9 Å². The molecule has 0 aromatic rings. The first kappa shape index (κ1) is 11.9. The van der Waals surface area contributed by atoms with E-state index >= 15 is 0 Å². The van der Waals surface area contributed by atoms with Crippen LogP contribution in [0.3, 0.4) is 0 Å². The van der Waals surface area contributed by atoms with Crippen molar-refractivity contribution >= 4 is 5.91 Å². The van der Waals surface area contributed by atoms with Gasteiger partial charge in [-0.3, -0.25) is 4.79 Å². The minimum absolute atomic E-state index is 0.319. The Morgan fingerprint density at radius 3 is 2.44 bits per heavy atom. The zero-order valence-electron chi connectivity index (χ0n) is 10.5. The first-order chi connectivity index (χ1) is 7.74. The van der Waals surface area contributed by atoms with E-state index in [4.69, 9.17) is 0 Å². The molecular formula is C13H24N2O. The fraction of sp³-hybridized carbons (Fsp3) is 0.923. The van der Waals surface area contributed by atoms with E-state index in [1.54, 1.807) is 0 Å². The zero-order valence-corrected chi connectivity index (χ0v) is 10.5. The minimum atomic E-state index is 0.319. The quantitative estimate of drug-likeness (QED) is 0.741. The van der Waals surface area contributed by atoms with Gasteiger partial charge in [0, 0.05) is 12.5 Å². The average Bonchev–Trinajstić information content (AvgIpc) is 3.00. The Morgan fingerprint density at radius 1 is 1.25 bits per heavy atom. The molecule has 3 atom stereocenters. The van der Waals surface area contributed by atoms with Crippen LogP contribution in [0.15, 0.2) is 0 Å². The molecule has 0 heterocycles. The number of amides is 1. The monoisotopic (exact) mass is 224 g/mol. The zero-order chi connectivity index (χ0) is 11.5. The van der Waals surface area contributed by atoms with Crippen molar-refractivity contribution in [1.82, 2.24) is 10.6 Å². The molecule has 16 heavy (non-hydrogen) atoms. The summed E-state index contributed by atoms with van der Waals surface area (Å²) < 4.78 is 0. The Labute approximate surface area is 98.4 Å². The van der Waals surface area contributed by atoms with Crippen LogP contribution >= 0.6 is 0 Å². The van der Waals surface area contributed by atoms with Gasteiger partial charge in [-0.15, -0.1) is 0 Å². The summed E-state index contributed by atoms with van der Waals surface area (Å²) in [5.74, 6) is 2.67. The summed E-state index contributed by atoms with van der Waals surface area (Å²) in [4.78, 5) is 11.9. The van der Waals surface area contributed by atoms with Gasteiger partial charge < -0.3 is 10.6 Å². The van der Waals surface area contributed by atoms with Crippen molar-refractivity contribution in [2.24, 2.45) is 23.7 Å². The summed E-state index contributed by atoms with van der Waals surface area (Å²) in [7, 11) is 1.95. The molecule has 3 heteroatoms. The summed E-state index contributed by atoms with van der Waals surface area (Å²) in [6.07, 6.45) is 5.24. The van der Waals surface area contributed by atoms with Gasteiger partial charge in [-0.2, -0.15) is 0 Å². The van der Waals surface area contributed by atoms with Gasteiger partial charge in [0.25, 0.3) is 0 Å². The molecule has 3 nitrogen and oxygen atoms in total. The fourth-order valence-electron chi connectivity index (χ4n) is 3.19. The van der Waals surface area contributed by atoms with E-state index < -0.39 is 0 Å². The third-order valence-corrected chi connectivity index (χ3v) is 4.14. The van der Waals surface area contributed by atoms with Crippen molar-refractivity contribution in [1.29, 1.82) is 0 Å². The number of carbonyl (C=O) groups excluding carboxylic acids is 1. The second kappa shape index (κ2) is 5.17. The Hall–Kier alpha value is -0.570. The highest BCUT2D eigenvalue weighted by Crippen LogP contribution is 2.55. The Kier molecular flexibility index (Phi) is 3.85. The third kappa shape index (κ3) is 2.57. The molecule has 0 aromatic carbocycles. The maximum absolute atomic E-state index is 11.9. The summed E-state index contributed by atoms with van der Waals surface area (Å²) in [6.45, 7) is 3.95. The van der Waals surface area contributed by atoms with Crippen LogP contribution in [0.4, 0.5) is 0 Å². The summed E-state index contributed by atoms with van der Waals surface area (Å²) in [6, 6.07) is 0. The van der Waals surface area contributed by atoms with Gasteiger partial charge in [-0.1, -0.05) is 19.8 Å². The molecule has 0 spiro atoms. The van der Waals surface area contributed by atoms with Crippen molar-refractivity contribution in [3.63, 3.8) is 0 Å². The highest BCUT2D eigenvalue weighted by atomic mass is 16.2. The van der Waals surface area contributed by atoms with E-state index in [9.17, 15) is 4.79 Å². The molecule has 2 N–H and O–H groups in total. The van der Waals surface area contributed by atoms with Crippen LogP contribution < -0.4 is 10.6 Å². The van der Waals surface area contributed by atoms with Gasteiger partial charge in [0.05, 0.1) is 0 Å². The lowest BCUT2D eigenvalue weighted by Gasteiger charge is -2.11. The summed E-state index contributed by atoms with van der Waals surface area (Å²) >= 11 is 0. The van der Waals surface area contributed by atoms with E-state index in [2.05, 4.69) is 17.6 Å². The molecule has 2 fully saturated rings. The van der Waals surface area contributed by atoms with Gasteiger partial charge in [-0.25, -0.2) is 0 Å². The van der Waals surface area contributed by atoms with E-state index in [0.29, 0.717) is 17.7 Å². The second-order valence-corrected chi connectivity index (χ2v) is 5.55. The van der Waals surface area contributed by atoms with Gasteiger partial charge >= 0.3 is 0 Å². The standard InChI is InChI=1S/C13H24N2O/c1-9(7-14-2)8-15-13(16)12-10-5-3-4-6-11(10)12/h9-12,14H,3-8H2,1-2H3,(H,15,16). The maximum Gasteiger partial charge on any atom is 0.223 e. The topological polar surface area (TPSA) is 41.1 Å². The Bertz CT molecular complexity index is 242. The van der Waals surface area contributed by atoms with Crippen molar-refractivity contribution in [3.8, 4) is 0 Å². The SMILES string of the molecule is CNCC(C)CNC(=O)C1C2CCCCC21. The number of rotatable bonds is 5. The van der Waals surface area contributed by atoms with Crippen LogP contribution in [0.1, 0.15) is 32.6 Å². The molecule has 2 saturated carbocycles. The normalized spacial score (nSPS) is 34.0. The van der Waals surface area contributed by atoms with Crippen LogP contribution in [0, 0.1) is 23.7 Å². The molecule has 0 bridgehead atoms. The number of nitrogens with one attached hydrogen (secondary N) is 2. The van der Waals surface area contributed by atoms with Crippen LogP contribution in [0.5, 0.6) is 0 Å². The predicted octanol–water partition coefficient (Wildman–Crippen LogP) is 1.39. The van der Waals surface area contributed by atoms with Crippen LogP contribution in [-0.4, -0.2) is 26.0 Å². The first-order valence-corrected chi connectivity index (χ1v) is 6.66. The van der Waals surface area contributed by atoms with E-state index in [-0.39, 0.29) is 0 Å². The largest absolute Gasteiger partial charge is 0.356 e. The lowest BCUT2D eigenvalue weighted by molar-refractivity contribution is -0.123. The number of fused-ring (bicyclic) bond motifs is 1. The van der Waals surface area contributed by atoms with E-state index in [1.165, 1.54) is 25.7 Å². The molecular weight excluding hydrogens is 200 g/mol. The molecule has 2 aliphatic rings. The van der Waals surface area contributed by atoms with Gasteiger partial charge in [0.15, 0.2) is 0 Å². The smallest absolute Gasteiger partial charge is 0.223 e. The van der Waals surface area contributed by atoms with Crippen molar-refractivity contribution in [3.05, 3.63) is 0 Å². The molecule has 0 saturated heterocycles. The number of hydrogen-bond donors (Lipinski definition) is 2. The highest BCUT2D eigenvalue weighted by molar-refractivity contribution is 5.82. The lowest BCUT2D eigenvalue weighted by Crippen LogP contribution is -2.33.